The fraction of sp³-hybridized carbons (Fsp3) is 0.286. The van der Waals surface area contributed by atoms with Gasteiger partial charge in [0, 0.05) is 51.1 Å². The third-order valence-corrected chi connectivity index (χ3v) is 5.60. The lowest BCUT2D eigenvalue weighted by atomic mass is 10.0. The van der Waals surface area contributed by atoms with E-state index < -0.39 is 23.5 Å². The van der Waals surface area contributed by atoms with Gasteiger partial charge in [0.2, 0.25) is 5.95 Å². The highest BCUT2D eigenvalue weighted by Gasteiger charge is 2.34. The van der Waals surface area contributed by atoms with Crippen molar-refractivity contribution in [3.8, 4) is 11.4 Å². The molecule has 1 fully saturated rings. The van der Waals surface area contributed by atoms with E-state index in [4.69, 9.17) is 0 Å². The van der Waals surface area contributed by atoms with Crippen LogP contribution in [0.3, 0.4) is 0 Å². The third-order valence-electron chi connectivity index (χ3n) is 5.60. The lowest BCUT2D eigenvalue weighted by molar-refractivity contribution is 0.139. The number of carbonyl (C=O) groups is 1. The summed E-state index contributed by atoms with van der Waals surface area (Å²) in [6.45, 7) is 1.56. The number of rotatable bonds is 3. The first-order chi connectivity index (χ1) is 16.0. The van der Waals surface area contributed by atoms with E-state index in [0.717, 1.165) is 12.3 Å². The molecular weight excluding hydrogens is 437 g/mol. The minimum atomic E-state index is -0.702. The van der Waals surface area contributed by atoms with Crippen LogP contribution in [0, 0.1) is 17.5 Å². The Hall–Kier alpha value is -3.96. The average Bonchev–Trinajstić information content (AvgIpc) is 3.51. The topological polar surface area (TPSA) is 93.6 Å². The van der Waals surface area contributed by atoms with Crippen LogP contribution >= 0.6 is 0 Å². The maximum atomic E-state index is 14.2. The Morgan fingerprint density at radius 3 is 2.52 bits per heavy atom. The van der Waals surface area contributed by atoms with E-state index in [0.29, 0.717) is 49.8 Å². The van der Waals surface area contributed by atoms with Crippen LogP contribution in [0.1, 0.15) is 18.0 Å². The summed E-state index contributed by atoms with van der Waals surface area (Å²) in [7, 11) is 0. The standard InChI is InChI=1S/C21H19F3N8O/c22-14-9-13(10-15(23)11-14)18-2-4-27-32(18)21(33)31-7-5-30(6-8-31)20-25-12-16(24)19(28-20)17-1-3-26-29-17/h1,3-4,9-12,18H,2,5-8H2,(H,26,29). The summed E-state index contributed by atoms with van der Waals surface area (Å²) in [4.78, 5) is 24.9. The molecule has 2 aliphatic rings. The predicted molar refractivity (Wildman–Crippen MR) is 113 cm³/mol. The molecule has 1 unspecified atom stereocenters. The Bertz CT molecular complexity index is 1170. The molecule has 1 N–H and O–H groups in total. The van der Waals surface area contributed by atoms with Gasteiger partial charge in [-0.15, -0.1) is 0 Å². The van der Waals surface area contributed by atoms with Crippen molar-refractivity contribution < 1.29 is 18.0 Å². The normalized spacial score (nSPS) is 18.3. The summed E-state index contributed by atoms with van der Waals surface area (Å²) in [5.41, 5.74) is 0.815. The first-order valence-corrected chi connectivity index (χ1v) is 10.3. The van der Waals surface area contributed by atoms with Crippen molar-refractivity contribution in [3.63, 3.8) is 0 Å². The molecule has 170 valence electrons. The van der Waals surface area contributed by atoms with Gasteiger partial charge < -0.3 is 9.80 Å². The summed E-state index contributed by atoms with van der Waals surface area (Å²) in [5, 5.41) is 12.0. The van der Waals surface area contributed by atoms with Gasteiger partial charge in [0.25, 0.3) is 0 Å². The Kier molecular flexibility index (Phi) is 5.40. The van der Waals surface area contributed by atoms with Crippen molar-refractivity contribution in [2.45, 2.75) is 12.5 Å². The highest BCUT2D eigenvalue weighted by molar-refractivity contribution is 5.78. The molecule has 2 amide bonds. The van der Waals surface area contributed by atoms with Crippen molar-refractivity contribution in [3.05, 3.63) is 59.7 Å². The van der Waals surface area contributed by atoms with Crippen LogP contribution in [-0.2, 0) is 0 Å². The van der Waals surface area contributed by atoms with E-state index in [1.807, 2.05) is 4.90 Å². The molecule has 12 heteroatoms. The van der Waals surface area contributed by atoms with E-state index in [-0.39, 0.29) is 11.7 Å². The number of aromatic amines is 1. The number of benzene rings is 1. The van der Waals surface area contributed by atoms with Crippen LogP contribution in [0.25, 0.3) is 11.4 Å². The number of hydrogen-bond acceptors (Lipinski definition) is 6. The number of urea groups is 1. The van der Waals surface area contributed by atoms with Gasteiger partial charge in [-0.05, 0) is 23.8 Å². The molecule has 5 rings (SSSR count). The Morgan fingerprint density at radius 2 is 1.82 bits per heavy atom. The monoisotopic (exact) mass is 456 g/mol. The molecule has 0 bridgehead atoms. The maximum absolute atomic E-state index is 14.2. The molecule has 33 heavy (non-hydrogen) atoms. The second-order valence-corrected chi connectivity index (χ2v) is 7.68. The zero-order valence-corrected chi connectivity index (χ0v) is 17.3. The molecule has 9 nitrogen and oxygen atoms in total. The molecule has 0 radical (unpaired) electrons. The molecule has 0 aliphatic carbocycles. The van der Waals surface area contributed by atoms with Gasteiger partial charge >= 0.3 is 6.03 Å². The van der Waals surface area contributed by atoms with E-state index in [9.17, 15) is 18.0 Å². The quantitative estimate of drug-likeness (QED) is 0.654. The third kappa shape index (κ3) is 4.11. The summed E-state index contributed by atoms with van der Waals surface area (Å²) in [5.74, 6) is -1.64. The van der Waals surface area contributed by atoms with Crippen molar-refractivity contribution in [1.82, 2.24) is 30.1 Å². The minimum absolute atomic E-state index is 0.0938. The van der Waals surface area contributed by atoms with E-state index in [2.05, 4.69) is 25.3 Å². The number of hydrazone groups is 1. The molecular formula is C21H19F3N8O. The first kappa shape index (κ1) is 20.9. The van der Waals surface area contributed by atoms with E-state index >= 15 is 0 Å². The summed E-state index contributed by atoms with van der Waals surface area (Å²) in [6, 6.07) is 3.91. The van der Waals surface area contributed by atoms with Crippen molar-refractivity contribution >= 4 is 18.2 Å². The van der Waals surface area contributed by atoms with Gasteiger partial charge in [0.05, 0.1) is 12.2 Å². The van der Waals surface area contributed by atoms with Crippen LogP contribution in [0.5, 0.6) is 0 Å². The molecule has 3 aromatic rings. The number of H-pyrrole nitrogens is 1. The number of nitrogens with one attached hydrogen (secondary N) is 1. The Labute approximate surface area is 186 Å². The summed E-state index contributed by atoms with van der Waals surface area (Å²) in [6.07, 6.45) is 4.61. The largest absolute Gasteiger partial charge is 0.341 e. The smallest absolute Gasteiger partial charge is 0.337 e. The number of anilines is 1. The van der Waals surface area contributed by atoms with E-state index in [1.54, 1.807) is 23.4 Å². The van der Waals surface area contributed by atoms with Gasteiger partial charge in [-0.2, -0.15) is 10.2 Å². The molecule has 1 atom stereocenters. The van der Waals surface area contributed by atoms with Gasteiger partial charge in [-0.1, -0.05) is 0 Å². The molecule has 2 aromatic heterocycles. The number of amides is 2. The predicted octanol–water partition coefficient (Wildman–Crippen LogP) is 2.96. The fourth-order valence-corrected chi connectivity index (χ4v) is 3.97. The highest BCUT2D eigenvalue weighted by atomic mass is 19.1. The molecule has 1 saturated heterocycles. The second kappa shape index (κ2) is 8.52. The molecule has 4 heterocycles. The zero-order chi connectivity index (χ0) is 22.9. The number of piperazine rings is 1. The van der Waals surface area contributed by atoms with Crippen molar-refractivity contribution in [1.29, 1.82) is 0 Å². The maximum Gasteiger partial charge on any atom is 0.341 e. The lowest BCUT2D eigenvalue weighted by Crippen LogP contribution is -2.52. The summed E-state index contributed by atoms with van der Waals surface area (Å²) >= 11 is 0. The van der Waals surface area contributed by atoms with Gasteiger partial charge in [0.1, 0.15) is 23.0 Å². The van der Waals surface area contributed by atoms with Crippen LogP contribution in [0.4, 0.5) is 23.9 Å². The number of hydrogen-bond donors (Lipinski definition) is 1. The number of carbonyl (C=O) groups excluding carboxylic acids is 1. The van der Waals surface area contributed by atoms with Gasteiger partial charge in [-0.25, -0.2) is 32.9 Å². The average molecular weight is 456 g/mol. The van der Waals surface area contributed by atoms with E-state index in [1.165, 1.54) is 17.1 Å². The zero-order valence-electron chi connectivity index (χ0n) is 17.3. The SMILES string of the molecule is O=C(N1CCN(c2ncc(F)c(-c3cc[nH]n3)n2)CC1)N1N=CCC1c1cc(F)cc(F)c1. The van der Waals surface area contributed by atoms with Crippen LogP contribution < -0.4 is 4.90 Å². The van der Waals surface area contributed by atoms with Crippen LogP contribution in [0.2, 0.25) is 0 Å². The summed E-state index contributed by atoms with van der Waals surface area (Å²) < 4.78 is 41.5. The number of nitrogens with zero attached hydrogens (tertiary/aromatic N) is 7. The molecule has 0 spiro atoms. The van der Waals surface area contributed by atoms with Gasteiger partial charge in [-0.3, -0.25) is 5.10 Å². The van der Waals surface area contributed by atoms with Gasteiger partial charge in [0.15, 0.2) is 5.82 Å². The molecule has 2 aliphatic heterocycles. The van der Waals surface area contributed by atoms with Crippen molar-refractivity contribution in [2.75, 3.05) is 31.1 Å². The molecule has 1 aromatic carbocycles. The second-order valence-electron chi connectivity index (χ2n) is 7.68. The molecule has 0 saturated carbocycles. The minimum Gasteiger partial charge on any atom is -0.337 e. The Morgan fingerprint density at radius 1 is 1.06 bits per heavy atom. The van der Waals surface area contributed by atoms with Crippen molar-refractivity contribution in [2.24, 2.45) is 5.10 Å². The number of aromatic nitrogens is 4. The highest BCUT2D eigenvalue weighted by Crippen LogP contribution is 2.30. The Balaban J connectivity index is 1.27. The lowest BCUT2D eigenvalue weighted by Gasteiger charge is -2.37. The van der Waals surface area contributed by atoms with Crippen LogP contribution in [0.15, 0.2) is 41.8 Å². The van der Waals surface area contributed by atoms with Crippen LogP contribution in [-0.4, -0.2) is 68.5 Å². The fourth-order valence-electron chi connectivity index (χ4n) is 3.97. The number of halogens is 3. The first-order valence-electron chi connectivity index (χ1n) is 10.3.